The van der Waals surface area contributed by atoms with Crippen LogP contribution in [0, 0.1) is 5.92 Å². The molecule has 0 spiro atoms. The van der Waals surface area contributed by atoms with E-state index in [9.17, 15) is 9.59 Å². The summed E-state index contributed by atoms with van der Waals surface area (Å²) in [6.45, 7) is 3.51. The number of carbonyl (C=O) groups is 2. The molecule has 2 aromatic carbocycles. The molecule has 0 N–H and O–H groups in total. The van der Waals surface area contributed by atoms with E-state index in [1.165, 1.54) is 0 Å². The van der Waals surface area contributed by atoms with Crippen LogP contribution in [0.1, 0.15) is 29.8 Å². The summed E-state index contributed by atoms with van der Waals surface area (Å²) in [4.78, 5) is 24.2. The predicted molar refractivity (Wildman–Crippen MR) is 92.8 cm³/mol. The molecule has 0 radical (unpaired) electrons. The molecular weight excluding hydrogens is 320 g/mol. The van der Waals surface area contributed by atoms with E-state index < -0.39 is 0 Å². The average molecular weight is 338 g/mol. The lowest BCUT2D eigenvalue weighted by atomic mass is 10.1. The van der Waals surface area contributed by atoms with Crippen molar-refractivity contribution >= 4 is 17.8 Å². The number of hydrogen-bond acceptors (Lipinski definition) is 5. The highest BCUT2D eigenvalue weighted by molar-refractivity contribution is 6.14. The van der Waals surface area contributed by atoms with E-state index in [1.807, 2.05) is 24.3 Å². The topological polar surface area (TPSA) is 61.8 Å². The van der Waals surface area contributed by atoms with Crippen molar-refractivity contribution < 1.29 is 23.8 Å². The number of esters is 1. The van der Waals surface area contributed by atoms with Gasteiger partial charge in [-0.3, -0.25) is 9.59 Å². The molecular formula is C20H18O5. The van der Waals surface area contributed by atoms with Gasteiger partial charge < -0.3 is 14.2 Å². The Morgan fingerprint density at radius 3 is 2.64 bits per heavy atom. The molecule has 5 heteroatoms. The van der Waals surface area contributed by atoms with Crippen LogP contribution in [0.15, 0.2) is 48.2 Å². The van der Waals surface area contributed by atoms with Crippen molar-refractivity contribution in [3.63, 3.8) is 0 Å². The van der Waals surface area contributed by atoms with Crippen LogP contribution in [0.5, 0.6) is 17.2 Å². The molecule has 3 rings (SSSR count). The number of fused-ring (bicyclic) bond motifs is 1. The average Bonchev–Trinajstić information content (AvgIpc) is 2.90. The molecule has 25 heavy (non-hydrogen) atoms. The van der Waals surface area contributed by atoms with Gasteiger partial charge in [0.2, 0.25) is 5.78 Å². The molecule has 1 heterocycles. The fourth-order valence-corrected chi connectivity index (χ4v) is 2.39. The summed E-state index contributed by atoms with van der Waals surface area (Å²) in [7, 11) is 1.57. The zero-order chi connectivity index (χ0) is 18.0. The second-order valence-electron chi connectivity index (χ2n) is 5.92. The third-order valence-electron chi connectivity index (χ3n) is 3.76. The lowest BCUT2D eigenvalue weighted by Crippen LogP contribution is -2.14. The Morgan fingerprint density at radius 1 is 1.16 bits per heavy atom. The Morgan fingerprint density at radius 2 is 1.92 bits per heavy atom. The fourth-order valence-electron chi connectivity index (χ4n) is 2.39. The fraction of sp³-hybridized carbons (Fsp3) is 0.200. The van der Waals surface area contributed by atoms with Crippen molar-refractivity contribution in [2.75, 3.05) is 7.11 Å². The Bertz CT molecular complexity index is 864. The van der Waals surface area contributed by atoms with Crippen LogP contribution in [0.3, 0.4) is 0 Å². The quantitative estimate of drug-likeness (QED) is 0.481. The van der Waals surface area contributed by atoms with E-state index in [2.05, 4.69) is 0 Å². The van der Waals surface area contributed by atoms with Crippen molar-refractivity contribution in [1.82, 2.24) is 0 Å². The number of benzene rings is 2. The van der Waals surface area contributed by atoms with E-state index in [1.54, 1.807) is 45.2 Å². The maximum absolute atomic E-state index is 12.5. The minimum absolute atomic E-state index is 0.201. The summed E-state index contributed by atoms with van der Waals surface area (Å²) >= 11 is 0. The standard InChI is InChI=1S/C20H18O5/c1-12(2)20(22)24-14-8-9-15-17(11-14)25-18(19(15)21)10-13-6-4-5-7-16(13)23-3/h4-12H,1-3H3/b18-10+. The number of carbonyl (C=O) groups excluding carboxylic acids is 2. The zero-order valence-corrected chi connectivity index (χ0v) is 14.2. The van der Waals surface area contributed by atoms with Crippen LogP contribution in [0.4, 0.5) is 0 Å². The van der Waals surface area contributed by atoms with Gasteiger partial charge in [-0.15, -0.1) is 0 Å². The minimum atomic E-state index is -0.339. The molecule has 0 saturated heterocycles. The van der Waals surface area contributed by atoms with Gasteiger partial charge in [-0.2, -0.15) is 0 Å². The number of para-hydroxylation sites is 1. The monoisotopic (exact) mass is 338 g/mol. The highest BCUT2D eigenvalue weighted by Gasteiger charge is 2.28. The molecule has 1 aliphatic rings. The smallest absolute Gasteiger partial charge is 0.313 e. The summed E-state index contributed by atoms with van der Waals surface area (Å²) in [5, 5.41) is 0. The van der Waals surface area contributed by atoms with Gasteiger partial charge in [0.25, 0.3) is 0 Å². The van der Waals surface area contributed by atoms with Gasteiger partial charge in [-0.25, -0.2) is 0 Å². The first-order valence-electron chi connectivity index (χ1n) is 7.92. The van der Waals surface area contributed by atoms with E-state index in [0.717, 1.165) is 5.56 Å². The third-order valence-corrected chi connectivity index (χ3v) is 3.76. The molecule has 128 valence electrons. The Kier molecular flexibility index (Phi) is 4.57. The maximum atomic E-state index is 12.5. The first-order valence-corrected chi connectivity index (χ1v) is 7.92. The molecule has 0 atom stereocenters. The SMILES string of the molecule is COc1ccccc1/C=C1/Oc2cc(OC(=O)C(C)C)ccc2C1=O. The van der Waals surface area contributed by atoms with Gasteiger partial charge in [-0.1, -0.05) is 32.0 Å². The van der Waals surface area contributed by atoms with E-state index in [-0.39, 0.29) is 23.4 Å². The van der Waals surface area contributed by atoms with Crippen molar-refractivity contribution in [3.8, 4) is 17.2 Å². The van der Waals surface area contributed by atoms with Crippen molar-refractivity contribution in [2.24, 2.45) is 5.92 Å². The molecule has 2 aromatic rings. The summed E-state index contributed by atoms with van der Waals surface area (Å²) in [5.74, 6) is 0.776. The van der Waals surface area contributed by atoms with Gasteiger partial charge >= 0.3 is 5.97 Å². The normalized spacial score (nSPS) is 14.4. The van der Waals surface area contributed by atoms with Crippen molar-refractivity contribution in [3.05, 3.63) is 59.4 Å². The number of ether oxygens (including phenoxy) is 3. The molecule has 0 aromatic heterocycles. The maximum Gasteiger partial charge on any atom is 0.313 e. The largest absolute Gasteiger partial charge is 0.496 e. The summed E-state index contributed by atoms with van der Waals surface area (Å²) in [6, 6.07) is 12.1. The van der Waals surface area contributed by atoms with E-state index in [0.29, 0.717) is 22.8 Å². The van der Waals surface area contributed by atoms with Crippen LogP contribution in [0.25, 0.3) is 6.08 Å². The number of hydrogen-bond donors (Lipinski definition) is 0. The molecule has 0 amide bonds. The van der Waals surface area contributed by atoms with E-state index in [4.69, 9.17) is 14.2 Å². The van der Waals surface area contributed by atoms with Gasteiger partial charge in [0.1, 0.15) is 17.2 Å². The summed E-state index contributed by atoms with van der Waals surface area (Å²) in [5.41, 5.74) is 1.18. The molecule has 0 unspecified atom stereocenters. The highest BCUT2D eigenvalue weighted by atomic mass is 16.5. The Hall–Kier alpha value is -3.08. The van der Waals surface area contributed by atoms with Crippen molar-refractivity contribution in [2.45, 2.75) is 13.8 Å². The van der Waals surface area contributed by atoms with Crippen molar-refractivity contribution in [1.29, 1.82) is 0 Å². The number of allylic oxidation sites excluding steroid dienone is 1. The number of rotatable bonds is 4. The summed E-state index contributed by atoms with van der Waals surface area (Å²) < 4.78 is 16.2. The van der Waals surface area contributed by atoms with Crippen LogP contribution in [0.2, 0.25) is 0 Å². The Balaban J connectivity index is 1.88. The van der Waals surface area contributed by atoms with Crippen LogP contribution in [-0.4, -0.2) is 18.9 Å². The molecule has 0 saturated carbocycles. The lowest BCUT2D eigenvalue weighted by molar-refractivity contribution is -0.137. The molecule has 0 bridgehead atoms. The summed E-state index contributed by atoms with van der Waals surface area (Å²) in [6.07, 6.45) is 1.64. The molecule has 0 aliphatic carbocycles. The van der Waals surface area contributed by atoms with Crippen LogP contribution in [-0.2, 0) is 4.79 Å². The number of ketones is 1. The first-order chi connectivity index (χ1) is 12.0. The first kappa shape index (κ1) is 16.8. The Labute approximate surface area is 145 Å². The highest BCUT2D eigenvalue weighted by Crippen LogP contribution is 2.35. The minimum Gasteiger partial charge on any atom is -0.496 e. The second kappa shape index (κ2) is 6.81. The molecule has 1 aliphatic heterocycles. The number of Topliss-reactive ketones (excluding diaryl/α,β-unsaturated/α-hetero) is 1. The molecule has 5 nitrogen and oxygen atoms in total. The predicted octanol–water partition coefficient (Wildman–Crippen LogP) is 3.87. The number of methoxy groups -OCH3 is 1. The van der Waals surface area contributed by atoms with Crippen LogP contribution < -0.4 is 14.2 Å². The van der Waals surface area contributed by atoms with Gasteiger partial charge in [-0.05, 0) is 24.3 Å². The van der Waals surface area contributed by atoms with Crippen LogP contribution >= 0.6 is 0 Å². The second-order valence-corrected chi connectivity index (χ2v) is 5.92. The lowest BCUT2D eigenvalue weighted by Gasteiger charge is -2.07. The van der Waals surface area contributed by atoms with Gasteiger partial charge in [0, 0.05) is 11.6 Å². The third kappa shape index (κ3) is 3.40. The van der Waals surface area contributed by atoms with Gasteiger partial charge in [0.05, 0.1) is 18.6 Å². The molecule has 0 fully saturated rings. The van der Waals surface area contributed by atoms with Gasteiger partial charge in [0.15, 0.2) is 5.76 Å². The zero-order valence-electron chi connectivity index (χ0n) is 14.2. The van der Waals surface area contributed by atoms with E-state index >= 15 is 0 Å².